The third-order valence-electron chi connectivity index (χ3n) is 12.6. The number of nitrogens with zero attached hydrogens (tertiary/aromatic N) is 6. The Bertz CT molecular complexity index is 2020. The summed E-state index contributed by atoms with van der Waals surface area (Å²) in [5.41, 5.74) is -5.33. The number of cyclic esters (lactones) is 1. The van der Waals surface area contributed by atoms with Crippen molar-refractivity contribution in [2.75, 3.05) is 41.1 Å². The Morgan fingerprint density at radius 3 is 2.31 bits per heavy atom. The molecule has 17 nitrogen and oxygen atoms in total. The van der Waals surface area contributed by atoms with E-state index in [1.54, 1.807) is 59.3 Å². The number of aliphatic hydroxyl groups is 1. The zero-order valence-corrected chi connectivity index (χ0v) is 39.8. The maximum Gasteiger partial charge on any atom is 0.411 e. The van der Waals surface area contributed by atoms with Gasteiger partial charge in [0.25, 0.3) is 5.67 Å². The third kappa shape index (κ3) is 11.2. The van der Waals surface area contributed by atoms with Crippen molar-refractivity contribution in [3.8, 4) is 29.0 Å². The number of hydrogen-bond acceptors (Lipinski definition) is 16. The van der Waals surface area contributed by atoms with Crippen molar-refractivity contribution in [2.24, 2.45) is 17.8 Å². The predicted octanol–water partition coefficient (Wildman–Crippen LogP) is 4.88. The van der Waals surface area contributed by atoms with Gasteiger partial charge in [-0.05, 0) is 67.1 Å². The van der Waals surface area contributed by atoms with E-state index in [0.29, 0.717) is 23.6 Å². The van der Waals surface area contributed by atoms with Crippen molar-refractivity contribution in [1.29, 1.82) is 0 Å². The number of methoxy groups -OCH3 is 2. The van der Waals surface area contributed by atoms with Crippen LogP contribution in [0.25, 0.3) is 11.4 Å². The van der Waals surface area contributed by atoms with Crippen LogP contribution >= 0.6 is 12.1 Å². The normalized spacial score (nSPS) is 35.0. The fourth-order valence-electron chi connectivity index (χ4n) is 9.09. The number of halogens is 2. The first-order chi connectivity index (χ1) is 30.0. The second-order valence-electron chi connectivity index (χ2n) is 17.4. The molecule has 2 aromatic rings. The summed E-state index contributed by atoms with van der Waals surface area (Å²) in [6.07, 6.45) is -1.13. The predicted molar refractivity (Wildman–Crippen MR) is 232 cm³/mol. The van der Waals surface area contributed by atoms with Crippen LogP contribution < -0.4 is 4.74 Å². The SMILES string of the molecule is CC[C@H]1OC(=O)[C@@](C)(F)C(=O)[C@H](C)[C@@H](O[C@@H]2OC(C)CC(N(C)C)C2O)[C@](C)(OC)C[C@@H](C)C(=O)[C@H](C)[C@H]2N(CC#CCn3cc(-c4cc(OC)ccn4)nn3)C(=O)O[C@]12C.CSF. The molecule has 3 fully saturated rings. The van der Waals surface area contributed by atoms with Gasteiger partial charge in [-0.2, -0.15) is 3.89 Å². The van der Waals surface area contributed by atoms with Crippen molar-refractivity contribution in [2.45, 2.75) is 141 Å². The number of ether oxygens (including phenoxy) is 6. The maximum atomic E-state index is 16.9. The largest absolute Gasteiger partial charge is 0.497 e. The molecule has 356 valence electrons. The van der Waals surface area contributed by atoms with E-state index in [4.69, 9.17) is 28.4 Å². The van der Waals surface area contributed by atoms with Gasteiger partial charge >= 0.3 is 12.1 Å². The molecule has 3 aliphatic rings. The number of rotatable bonds is 9. The van der Waals surface area contributed by atoms with Crippen LogP contribution in [0, 0.1) is 29.6 Å². The Morgan fingerprint density at radius 1 is 1.05 bits per heavy atom. The first kappa shape index (κ1) is 52.4. The number of ketones is 2. The molecule has 1 N–H and O–H groups in total. The van der Waals surface area contributed by atoms with E-state index < -0.39 is 83.1 Å². The number of Topliss-reactive ketones (excluding diaryl/α,β-unsaturated/α-hetero) is 2. The lowest BCUT2D eigenvalue weighted by Gasteiger charge is -2.47. The monoisotopic (exact) mass is 922 g/mol. The molecule has 5 rings (SSSR count). The van der Waals surface area contributed by atoms with Crippen molar-refractivity contribution < 1.29 is 61.0 Å². The molecule has 20 heteroatoms. The van der Waals surface area contributed by atoms with Crippen LogP contribution in [0.3, 0.4) is 0 Å². The van der Waals surface area contributed by atoms with Gasteiger partial charge in [-0.1, -0.05) is 44.7 Å². The average molecular weight is 923 g/mol. The molecule has 0 bridgehead atoms. The van der Waals surface area contributed by atoms with Crippen molar-refractivity contribution in [3.63, 3.8) is 0 Å². The van der Waals surface area contributed by atoms with Crippen LogP contribution in [0.15, 0.2) is 24.5 Å². The molecule has 5 heterocycles. The number of aliphatic hydroxyl groups excluding tert-OH is 1. The Labute approximate surface area is 378 Å². The zero-order chi connectivity index (χ0) is 47.9. The summed E-state index contributed by atoms with van der Waals surface area (Å²) in [7, 11) is 6.55. The number of alkyl halides is 1. The summed E-state index contributed by atoms with van der Waals surface area (Å²) >= 11 is 0.250. The summed E-state index contributed by atoms with van der Waals surface area (Å²) in [6.45, 7) is 12.2. The lowest BCUT2D eigenvalue weighted by molar-refractivity contribution is -0.295. The van der Waals surface area contributed by atoms with Crippen molar-refractivity contribution in [1.82, 2.24) is 29.8 Å². The number of esters is 1. The molecule has 13 atom stereocenters. The summed E-state index contributed by atoms with van der Waals surface area (Å²) in [5.74, 6) is 0.477. The minimum Gasteiger partial charge on any atom is -0.497 e. The molecule has 0 radical (unpaired) electrons. The van der Waals surface area contributed by atoms with E-state index in [2.05, 4.69) is 27.1 Å². The second-order valence-corrected chi connectivity index (χ2v) is 17.7. The smallest absolute Gasteiger partial charge is 0.411 e. The quantitative estimate of drug-likeness (QED) is 0.203. The molecule has 0 saturated carbocycles. The van der Waals surface area contributed by atoms with Crippen LogP contribution in [-0.4, -0.2) is 159 Å². The lowest BCUT2D eigenvalue weighted by Crippen LogP contribution is -2.61. The Balaban J connectivity index is 0.00000291. The lowest BCUT2D eigenvalue weighted by atomic mass is 9.73. The van der Waals surface area contributed by atoms with Crippen molar-refractivity contribution >= 4 is 35.8 Å². The number of carbonyl (C=O) groups excluding carboxylic acids is 4. The number of likely N-dealkylation sites (N-methyl/N-ethyl adjacent to an activating group) is 1. The van der Waals surface area contributed by atoms with Crippen LogP contribution in [0.5, 0.6) is 5.75 Å². The zero-order valence-electron chi connectivity index (χ0n) is 39.0. The molecule has 64 heavy (non-hydrogen) atoms. The third-order valence-corrected chi connectivity index (χ3v) is 12.6. The summed E-state index contributed by atoms with van der Waals surface area (Å²) in [6, 6.07) is 2.00. The number of amides is 1. The van der Waals surface area contributed by atoms with Gasteiger partial charge in [0.05, 0.1) is 49.4 Å². The highest BCUT2D eigenvalue weighted by atomic mass is 32.2. The Kier molecular flexibility index (Phi) is 17.9. The van der Waals surface area contributed by atoms with Gasteiger partial charge in [0.15, 0.2) is 17.7 Å². The summed E-state index contributed by atoms with van der Waals surface area (Å²) < 4.78 is 64.3. The molecule has 0 aromatic carbocycles. The van der Waals surface area contributed by atoms with Crippen LogP contribution in [0.1, 0.15) is 74.7 Å². The van der Waals surface area contributed by atoms with Gasteiger partial charge in [-0.15, -0.1) is 5.10 Å². The topological polar surface area (TPSA) is 194 Å². The van der Waals surface area contributed by atoms with Gasteiger partial charge in [-0.3, -0.25) is 19.5 Å². The Morgan fingerprint density at radius 2 is 1.70 bits per heavy atom. The van der Waals surface area contributed by atoms with E-state index in [1.165, 1.54) is 36.8 Å². The van der Waals surface area contributed by atoms with E-state index >= 15 is 4.39 Å². The number of fused-ring (bicyclic) bond motifs is 1. The molecule has 0 spiro atoms. The molecular formula is C44H64F2N6O11S. The minimum absolute atomic E-state index is 0.0359. The molecular weight excluding hydrogens is 859 g/mol. The fraction of sp³-hybridized carbons (Fsp3) is 0.705. The van der Waals surface area contributed by atoms with Crippen molar-refractivity contribution in [3.05, 3.63) is 24.5 Å². The van der Waals surface area contributed by atoms with Gasteiger partial charge in [0.2, 0.25) is 0 Å². The second kappa shape index (κ2) is 21.8. The number of hydrogen-bond donors (Lipinski definition) is 1. The molecule has 0 aliphatic carbocycles. The highest BCUT2D eigenvalue weighted by molar-refractivity contribution is 7.93. The van der Waals surface area contributed by atoms with Crippen LogP contribution in [0.2, 0.25) is 0 Å². The van der Waals surface area contributed by atoms with E-state index in [-0.39, 0.29) is 56.0 Å². The highest BCUT2D eigenvalue weighted by Crippen LogP contribution is 2.43. The van der Waals surface area contributed by atoms with E-state index in [9.17, 15) is 28.2 Å². The molecule has 3 aliphatic heterocycles. The number of carbonyl (C=O) groups is 4. The standard InChI is InChI=1S/C43H61FN6O11.CH3FS/c1-13-32-43(8)35(50(40(55)61-43)19-15-14-18-49-23-30(46-47-49)29-21-28(56-11)16-17-45-29)26(4)33(51)24(2)22-41(6,57-12)37(27(5)36(53)42(7,44)39(54)59-32)60-38-34(52)31(48(9)10)20-25(3)58-38;1-3-2/h16-17,21,23-27,31-32,34-35,37-38,52H,13,18-20,22H2,1-12H3;1H3/t24-,25?,26+,27+,31?,32-,34?,35-,37-,38+,41-,42+,43-;/m1./s1. The van der Waals surface area contributed by atoms with Gasteiger partial charge in [-0.25, -0.2) is 18.7 Å². The molecule has 3 saturated heterocycles. The molecule has 3 unspecified atom stereocenters. The van der Waals surface area contributed by atoms with E-state index in [0.717, 1.165) is 6.92 Å². The maximum absolute atomic E-state index is 16.9. The first-order valence-corrected chi connectivity index (χ1v) is 22.4. The van der Waals surface area contributed by atoms with Crippen LogP contribution in [0.4, 0.5) is 13.1 Å². The first-order valence-electron chi connectivity index (χ1n) is 21.2. The summed E-state index contributed by atoms with van der Waals surface area (Å²) in [4.78, 5) is 64.1. The highest BCUT2D eigenvalue weighted by Gasteiger charge is 2.61. The molecule has 1 amide bonds. The van der Waals surface area contributed by atoms with E-state index in [1.807, 2.05) is 25.9 Å². The minimum atomic E-state index is -3.21. The van der Waals surface area contributed by atoms with Gasteiger partial charge in [0, 0.05) is 61.6 Å². The fourth-order valence-corrected chi connectivity index (χ4v) is 9.09. The van der Waals surface area contributed by atoms with Gasteiger partial charge < -0.3 is 38.4 Å². The average Bonchev–Trinajstić information content (AvgIpc) is 3.84. The Hall–Kier alpha value is -4.26. The number of pyridine rings is 1. The van der Waals surface area contributed by atoms with Crippen LogP contribution in [-0.2, 0) is 44.6 Å². The molecule has 2 aromatic heterocycles. The van der Waals surface area contributed by atoms with Gasteiger partial charge in [0.1, 0.15) is 36.0 Å². The number of aromatic nitrogens is 4. The summed E-state index contributed by atoms with van der Waals surface area (Å²) in [5, 5.41) is 19.7.